The van der Waals surface area contributed by atoms with E-state index in [0.29, 0.717) is 70.4 Å². The first kappa shape index (κ1) is 33.7. The molecule has 2 heterocycles. The molecule has 10 heteroatoms. The summed E-state index contributed by atoms with van der Waals surface area (Å²) < 4.78 is 5.18. The van der Waals surface area contributed by atoms with Crippen LogP contribution in [0.3, 0.4) is 0 Å². The summed E-state index contributed by atoms with van der Waals surface area (Å²) >= 11 is 0. The molecule has 1 spiro atoms. The summed E-state index contributed by atoms with van der Waals surface area (Å²) in [7, 11) is 1.63. The Bertz CT molecular complexity index is 1270. The van der Waals surface area contributed by atoms with E-state index in [2.05, 4.69) is 15.5 Å². The van der Waals surface area contributed by atoms with E-state index in [1.54, 1.807) is 7.11 Å². The zero-order chi connectivity index (χ0) is 30.5. The minimum atomic E-state index is -0.871. The average Bonchev–Trinajstić information content (AvgIpc) is 3.02. The molecule has 44 heavy (non-hydrogen) atoms. The van der Waals surface area contributed by atoms with E-state index >= 15 is 0 Å². The predicted molar refractivity (Wildman–Crippen MR) is 172 cm³/mol. The third kappa shape index (κ3) is 7.56. The van der Waals surface area contributed by atoms with E-state index in [0.717, 1.165) is 42.6 Å². The van der Waals surface area contributed by atoms with Crippen LogP contribution in [0.15, 0.2) is 48.5 Å². The van der Waals surface area contributed by atoms with Crippen molar-refractivity contribution in [1.29, 1.82) is 0 Å². The van der Waals surface area contributed by atoms with Crippen LogP contribution in [0, 0.1) is 0 Å². The minimum absolute atomic E-state index is 0. The molecule has 2 saturated heterocycles. The molecule has 0 aromatic heterocycles. The molecule has 2 aromatic rings. The number of benzene rings is 2. The van der Waals surface area contributed by atoms with Crippen LogP contribution >= 0.6 is 12.4 Å². The second-order valence-electron chi connectivity index (χ2n) is 12.5. The maximum atomic E-state index is 13.7. The standard InChI is InChI=1S/C34H46N4O5.ClH/c1-3-19-38-31(40)29(22-33(42)15-5-4-6-16-33)36-32(41)34(38)17-20-37(21-18-34)24-26-7-11-27(12-8-26)30(39)35-23-25-9-13-28(43-2)14-10-25;/h7-14,29,42H,3-6,15-24H2,1-2H3,(H,35,39)(H,36,41);1H/t29-;/m1./s1. The number of halogens is 1. The second kappa shape index (κ2) is 14.8. The Hall–Kier alpha value is -3.14. The Labute approximate surface area is 267 Å². The summed E-state index contributed by atoms with van der Waals surface area (Å²) in [6.45, 7) is 5.12. The van der Waals surface area contributed by atoms with Gasteiger partial charge in [0.15, 0.2) is 0 Å². The molecule has 3 fully saturated rings. The van der Waals surface area contributed by atoms with Crippen molar-refractivity contribution in [1.82, 2.24) is 20.4 Å². The molecule has 1 atom stereocenters. The van der Waals surface area contributed by atoms with Gasteiger partial charge in [-0.05, 0) is 67.5 Å². The Morgan fingerprint density at radius 3 is 2.23 bits per heavy atom. The number of piperazine rings is 1. The highest BCUT2D eigenvalue weighted by Gasteiger charge is 2.54. The molecule has 1 aliphatic carbocycles. The van der Waals surface area contributed by atoms with Crippen LogP contribution in [-0.4, -0.2) is 76.6 Å². The number of hydrogen-bond acceptors (Lipinski definition) is 6. The molecular formula is C34H47ClN4O5. The molecule has 1 saturated carbocycles. The van der Waals surface area contributed by atoms with Crippen LogP contribution in [0.1, 0.15) is 86.2 Å². The van der Waals surface area contributed by atoms with Crippen LogP contribution in [-0.2, 0) is 22.7 Å². The highest BCUT2D eigenvalue weighted by molar-refractivity contribution is 6.00. The normalized spacial score (nSPS) is 21.3. The first-order valence-electron chi connectivity index (χ1n) is 15.8. The van der Waals surface area contributed by atoms with Crippen molar-refractivity contribution < 1.29 is 24.2 Å². The monoisotopic (exact) mass is 626 g/mol. The number of hydrogen-bond donors (Lipinski definition) is 3. The number of ether oxygens (including phenoxy) is 1. The van der Waals surface area contributed by atoms with Crippen LogP contribution in [0.25, 0.3) is 0 Å². The van der Waals surface area contributed by atoms with Gasteiger partial charge >= 0.3 is 0 Å². The van der Waals surface area contributed by atoms with E-state index in [-0.39, 0.29) is 30.1 Å². The third-order valence-corrected chi connectivity index (χ3v) is 9.54. The van der Waals surface area contributed by atoms with Crippen molar-refractivity contribution in [3.05, 3.63) is 65.2 Å². The van der Waals surface area contributed by atoms with Gasteiger partial charge in [0.05, 0.1) is 12.7 Å². The summed E-state index contributed by atoms with van der Waals surface area (Å²) in [6, 6.07) is 14.6. The Balaban J connectivity index is 0.00000442. The molecule has 0 radical (unpaired) electrons. The highest BCUT2D eigenvalue weighted by Crippen LogP contribution is 2.37. The second-order valence-corrected chi connectivity index (χ2v) is 12.5. The number of rotatable bonds is 10. The number of nitrogens with zero attached hydrogens (tertiary/aromatic N) is 2. The van der Waals surface area contributed by atoms with Crippen molar-refractivity contribution >= 4 is 30.1 Å². The van der Waals surface area contributed by atoms with E-state index in [9.17, 15) is 19.5 Å². The van der Waals surface area contributed by atoms with E-state index < -0.39 is 17.2 Å². The first-order chi connectivity index (χ1) is 20.7. The van der Waals surface area contributed by atoms with Crippen molar-refractivity contribution in [2.45, 2.75) is 95.0 Å². The maximum absolute atomic E-state index is 13.7. The van der Waals surface area contributed by atoms with Crippen LogP contribution in [0.5, 0.6) is 5.75 Å². The Kier molecular flexibility index (Phi) is 11.3. The number of amides is 3. The Morgan fingerprint density at radius 1 is 0.977 bits per heavy atom. The van der Waals surface area contributed by atoms with Gasteiger partial charge in [0.25, 0.3) is 5.91 Å². The molecule has 3 amide bonds. The number of piperidine rings is 1. The lowest BCUT2D eigenvalue weighted by atomic mass is 9.77. The van der Waals surface area contributed by atoms with Gasteiger partial charge in [0, 0.05) is 44.7 Å². The van der Waals surface area contributed by atoms with Gasteiger partial charge in [-0.3, -0.25) is 19.3 Å². The molecule has 2 aromatic carbocycles. The van der Waals surface area contributed by atoms with Gasteiger partial charge in [-0.25, -0.2) is 0 Å². The number of likely N-dealkylation sites (tertiary alicyclic amines) is 1. The van der Waals surface area contributed by atoms with Gasteiger partial charge in [-0.15, -0.1) is 12.4 Å². The SMILES string of the molecule is CCCN1C(=O)[C@@H](CC2(O)CCCCC2)NC(=O)C12CCN(Cc1ccc(C(=O)NCc3ccc(OC)cc3)cc1)CC2.Cl. The lowest BCUT2D eigenvalue weighted by Gasteiger charge is -2.52. The number of nitrogens with one attached hydrogen (secondary N) is 2. The molecule has 240 valence electrons. The molecule has 9 nitrogen and oxygen atoms in total. The highest BCUT2D eigenvalue weighted by atomic mass is 35.5. The topological polar surface area (TPSA) is 111 Å². The molecule has 3 aliphatic rings. The largest absolute Gasteiger partial charge is 0.497 e. The van der Waals surface area contributed by atoms with Crippen LogP contribution in [0.2, 0.25) is 0 Å². The van der Waals surface area contributed by atoms with Crippen LogP contribution < -0.4 is 15.4 Å². The van der Waals surface area contributed by atoms with Gasteiger partial charge in [-0.2, -0.15) is 0 Å². The van der Waals surface area contributed by atoms with E-state index in [1.165, 1.54) is 0 Å². The summed E-state index contributed by atoms with van der Waals surface area (Å²) in [6.07, 6.45) is 6.65. The maximum Gasteiger partial charge on any atom is 0.251 e. The summed E-state index contributed by atoms with van der Waals surface area (Å²) in [5.74, 6) is 0.534. The zero-order valence-electron chi connectivity index (χ0n) is 26.0. The molecule has 0 bridgehead atoms. The Morgan fingerprint density at radius 2 is 1.61 bits per heavy atom. The molecular weight excluding hydrogens is 580 g/mol. The number of aliphatic hydroxyl groups is 1. The number of carbonyl (C=O) groups excluding carboxylic acids is 3. The fraction of sp³-hybridized carbons (Fsp3) is 0.559. The van der Waals surface area contributed by atoms with E-state index in [1.807, 2.05) is 60.4 Å². The fourth-order valence-corrected chi connectivity index (χ4v) is 6.98. The zero-order valence-corrected chi connectivity index (χ0v) is 26.8. The van der Waals surface area contributed by atoms with Gasteiger partial charge in [0.1, 0.15) is 17.3 Å². The van der Waals surface area contributed by atoms with Crippen molar-refractivity contribution in [2.24, 2.45) is 0 Å². The third-order valence-electron chi connectivity index (χ3n) is 9.54. The molecule has 3 N–H and O–H groups in total. The quantitative estimate of drug-likeness (QED) is 0.365. The number of carbonyl (C=O) groups is 3. The first-order valence-corrected chi connectivity index (χ1v) is 15.8. The van der Waals surface area contributed by atoms with Crippen molar-refractivity contribution in [2.75, 3.05) is 26.7 Å². The van der Waals surface area contributed by atoms with E-state index in [4.69, 9.17) is 4.74 Å². The minimum Gasteiger partial charge on any atom is -0.497 e. The summed E-state index contributed by atoms with van der Waals surface area (Å²) in [5, 5.41) is 17.1. The van der Waals surface area contributed by atoms with Gasteiger partial charge < -0.3 is 25.4 Å². The summed E-state index contributed by atoms with van der Waals surface area (Å²) in [4.78, 5) is 44.2. The van der Waals surface area contributed by atoms with Gasteiger partial charge in [0.2, 0.25) is 11.8 Å². The fourth-order valence-electron chi connectivity index (χ4n) is 6.98. The average molecular weight is 627 g/mol. The summed E-state index contributed by atoms with van der Waals surface area (Å²) in [5.41, 5.74) is 0.996. The molecule has 2 aliphatic heterocycles. The number of methoxy groups -OCH3 is 1. The van der Waals surface area contributed by atoms with Crippen molar-refractivity contribution in [3.8, 4) is 5.75 Å². The molecule has 0 unspecified atom stereocenters. The van der Waals surface area contributed by atoms with Crippen molar-refractivity contribution in [3.63, 3.8) is 0 Å². The van der Waals surface area contributed by atoms with Crippen LogP contribution in [0.4, 0.5) is 0 Å². The molecule has 5 rings (SSSR count). The predicted octanol–water partition coefficient (Wildman–Crippen LogP) is 4.20. The smallest absolute Gasteiger partial charge is 0.251 e. The lowest BCUT2D eigenvalue weighted by Crippen LogP contribution is -2.73. The van der Waals surface area contributed by atoms with Gasteiger partial charge in [-0.1, -0.05) is 50.5 Å². The lowest BCUT2D eigenvalue weighted by molar-refractivity contribution is -0.163.